The summed E-state index contributed by atoms with van der Waals surface area (Å²) >= 11 is 0. The Kier molecular flexibility index (Phi) is 6.25. The maximum absolute atomic E-state index is 12.8. The number of aryl methyl sites for hydroxylation is 1. The Labute approximate surface area is 172 Å². The van der Waals surface area contributed by atoms with E-state index in [1.165, 1.54) is 0 Å². The van der Waals surface area contributed by atoms with Gasteiger partial charge in [-0.15, -0.1) is 0 Å². The number of rotatable bonds is 4. The van der Waals surface area contributed by atoms with Crippen molar-refractivity contribution < 1.29 is 9.59 Å². The molecule has 1 saturated heterocycles. The number of aromatic nitrogens is 2. The number of piperidine rings is 1. The first-order valence-electron chi connectivity index (χ1n) is 10.2. The second kappa shape index (κ2) is 8.68. The lowest BCUT2D eigenvalue weighted by molar-refractivity contribution is -0.126. The molecule has 1 aliphatic heterocycles. The summed E-state index contributed by atoms with van der Waals surface area (Å²) in [6.07, 6.45) is 3.23. The lowest BCUT2D eigenvalue weighted by atomic mass is 9.95. The van der Waals surface area contributed by atoms with Gasteiger partial charge in [-0.2, -0.15) is 5.10 Å². The van der Waals surface area contributed by atoms with Crippen molar-refractivity contribution in [2.24, 2.45) is 5.92 Å². The van der Waals surface area contributed by atoms with Crippen molar-refractivity contribution in [3.63, 3.8) is 0 Å². The lowest BCUT2D eigenvalue weighted by Gasteiger charge is -2.33. The molecule has 7 nitrogen and oxygen atoms in total. The molecule has 0 radical (unpaired) electrons. The van der Waals surface area contributed by atoms with Crippen molar-refractivity contribution in [2.75, 3.05) is 27.2 Å². The molecule has 0 aliphatic carbocycles. The van der Waals surface area contributed by atoms with E-state index in [0.717, 1.165) is 22.5 Å². The number of carbonyl (C=O) groups is 2. The molecule has 3 rings (SSSR count). The minimum absolute atomic E-state index is 0.0106. The minimum atomic E-state index is -0.123. The first-order valence-corrected chi connectivity index (χ1v) is 10.2. The van der Waals surface area contributed by atoms with E-state index in [9.17, 15) is 9.59 Å². The van der Waals surface area contributed by atoms with Crippen molar-refractivity contribution in [3.8, 4) is 5.69 Å². The number of hydrogen-bond acceptors (Lipinski definition) is 3. The van der Waals surface area contributed by atoms with E-state index < -0.39 is 0 Å². The molecule has 0 bridgehead atoms. The molecular formula is C22H31N5O2. The van der Waals surface area contributed by atoms with Crippen LogP contribution in [0.3, 0.4) is 0 Å². The highest BCUT2D eigenvalue weighted by Gasteiger charge is 2.29. The van der Waals surface area contributed by atoms with Gasteiger partial charge in [0.2, 0.25) is 5.91 Å². The van der Waals surface area contributed by atoms with Crippen LogP contribution in [-0.4, -0.2) is 58.7 Å². The smallest absolute Gasteiger partial charge is 0.319 e. The maximum Gasteiger partial charge on any atom is 0.319 e. The van der Waals surface area contributed by atoms with Crippen molar-refractivity contribution in [1.82, 2.24) is 24.9 Å². The van der Waals surface area contributed by atoms with Crippen LogP contribution in [0.1, 0.15) is 42.6 Å². The molecule has 156 valence electrons. The molecule has 7 heteroatoms. The number of benzene rings is 1. The van der Waals surface area contributed by atoms with E-state index in [2.05, 4.69) is 23.4 Å². The summed E-state index contributed by atoms with van der Waals surface area (Å²) in [7, 11) is 3.50. The Bertz CT molecular complexity index is 881. The third-order valence-electron chi connectivity index (χ3n) is 5.74. The zero-order valence-electron chi connectivity index (χ0n) is 18.0. The number of nitrogens with one attached hydrogen (secondary N) is 1. The van der Waals surface area contributed by atoms with Gasteiger partial charge in [0.1, 0.15) is 0 Å². The van der Waals surface area contributed by atoms with Crippen LogP contribution in [0.5, 0.6) is 0 Å². The quantitative estimate of drug-likeness (QED) is 0.862. The van der Waals surface area contributed by atoms with Crippen LogP contribution in [-0.2, 0) is 4.79 Å². The Hall–Kier alpha value is -2.83. The zero-order valence-corrected chi connectivity index (χ0v) is 18.0. The standard InChI is InChI=1S/C22H31N5O2/c1-15-8-6-7-9-20(15)27-17(3)19(14-23-27)16(2)24-21(28)18-10-12-26(13-11-18)22(29)25(4)5/h6-9,14,16,18H,10-13H2,1-5H3,(H,24,28)/t16-/m1/s1. The van der Waals surface area contributed by atoms with Gasteiger partial charge < -0.3 is 15.1 Å². The SMILES string of the molecule is Cc1ccccc1-n1ncc([C@@H](C)NC(=O)C2CCN(C(=O)N(C)C)CC2)c1C. The third kappa shape index (κ3) is 4.44. The van der Waals surface area contributed by atoms with Gasteiger partial charge in [0.05, 0.1) is 17.9 Å². The summed E-state index contributed by atoms with van der Waals surface area (Å²) in [6, 6.07) is 8.01. The highest BCUT2D eigenvalue weighted by atomic mass is 16.2. The second-order valence-corrected chi connectivity index (χ2v) is 8.05. The maximum atomic E-state index is 12.8. The van der Waals surface area contributed by atoms with Gasteiger partial charge in [0, 0.05) is 44.4 Å². The first-order chi connectivity index (χ1) is 13.8. The average Bonchev–Trinajstić information content (AvgIpc) is 3.09. The van der Waals surface area contributed by atoms with Gasteiger partial charge in [-0.05, 0) is 45.2 Å². The van der Waals surface area contributed by atoms with Crippen LogP contribution in [0.25, 0.3) is 5.69 Å². The molecule has 0 unspecified atom stereocenters. The number of para-hydroxylation sites is 1. The molecule has 1 aliphatic rings. The number of hydrogen-bond donors (Lipinski definition) is 1. The van der Waals surface area contributed by atoms with E-state index in [4.69, 9.17) is 0 Å². The van der Waals surface area contributed by atoms with Crippen molar-refractivity contribution in [2.45, 2.75) is 39.7 Å². The highest BCUT2D eigenvalue weighted by Crippen LogP contribution is 2.24. The molecule has 0 saturated carbocycles. The van der Waals surface area contributed by atoms with Crippen molar-refractivity contribution >= 4 is 11.9 Å². The molecule has 1 atom stereocenters. The molecule has 3 amide bonds. The van der Waals surface area contributed by atoms with Crippen LogP contribution in [0.2, 0.25) is 0 Å². The summed E-state index contributed by atoms with van der Waals surface area (Å²) in [5.41, 5.74) is 4.24. The fraction of sp³-hybridized carbons (Fsp3) is 0.500. The fourth-order valence-corrected chi connectivity index (χ4v) is 3.92. The number of carbonyl (C=O) groups excluding carboxylic acids is 2. The summed E-state index contributed by atoms with van der Waals surface area (Å²) in [5, 5.41) is 7.70. The molecule has 1 aromatic heterocycles. The Morgan fingerprint density at radius 2 is 1.83 bits per heavy atom. The first kappa shape index (κ1) is 20.9. The molecule has 0 spiro atoms. The normalized spacial score (nSPS) is 15.8. The van der Waals surface area contributed by atoms with E-state index in [0.29, 0.717) is 25.9 Å². The van der Waals surface area contributed by atoms with Crippen LogP contribution < -0.4 is 5.32 Å². The van der Waals surface area contributed by atoms with Crippen molar-refractivity contribution in [1.29, 1.82) is 0 Å². The molecule has 2 aromatic rings. The number of amides is 3. The van der Waals surface area contributed by atoms with Gasteiger partial charge >= 0.3 is 6.03 Å². The summed E-state index contributed by atoms with van der Waals surface area (Å²) in [6.45, 7) is 7.33. The zero-order chi connectivity index (χ0) is 21.1. The minimum Gasteiger partial charge on any atom is -0.349 e. The Morgan fingerprint density at radius 1 is 1.17 bits per heavy atom. The van der Waals surface area contributed by atoms with Crippen LogP contribution in [0.4, 0.5) is 4.79 Å². The molecule has 2 heterocycles. The largest absolute Gasteiger partial charge is 0.349 e. The Balaban J connectivity index is 1.63. The molecular weight excluding hydrogens is 366 g/mol. The predicted octanol–water partition coefficient (Wildman–Crippen LogP) is 3.06. The van der Waals surface area contributed by atoms with Gasteiger partial charge in [-0.25, -0.2) is 9.48 Å². The van der Waals surface area contributed by atoms with Gasteiger partial charge in [-0.3, -0.25) is 4.79 Å². The van der Waals surface area contributed by atoms with Crippen molar-refractivity contribution in [3.05, 3.63) is 47.3 Å². The average molecular weight is 398 g/mol. The number of nitrogens with zero attached hydrogens (tertiary/aromatic N) is 4. The molecule has 1 fully saturated rings. The number of likely N-dealkylation sites (tertiary alicyclic amines) is 1. The van der Waals surface area contributed by atoms with Crippen LogP contribution in [0.15, 0.2) is 30.5 Å². The third-order valence-corrected chi connectivity index (χ3v) is 5.74. The monoisotopic (exact) mass is 397 g/mol. The van der Waals surface area contributed by atoms with Gasteiger partial charge in [0.25, 0.3) is 0 Å². The van der Waals surface area contributed by atoms with E-state index in [1.807, 2.05) is 47.8 Å². The fourth-order valence-electron chi connectivity index (χ4n) is 3.92. The van der Waals surface area contributed by atoms with E-state index in [1.54, 1.807) is 19.0 Å². The predicted molar refractivity (Wildman–Crippen MR) is 113 cm³/mol. The van der Waals surface area contributed by atoms with Crippen LogP contribution in [0, 0.1) is 19.8 Å². The topological polar surface area (TPSA) is 70.5 Å². The highest BCUT2D eigenvalue weighted by molar-refractivity contribution is 5.80. The summed E-state index contributed by atoms with van der Waals surface area (Å²) in [4.78, 5) is 28.2. The second-order valence-electron chi connectivity index (χ2n) is 8.05. The van der Waals surface area contributed by atoms with Gasteiger partial charge in [-0.1, -0.05) is 18.2 Å². The number of urea groups is 1. The van der Waals surface area contributed by atoms with E-state index >= 15 is 0 Å². The van der Waals surface area contributed by atoms with E-state index in [-0.39, 0.29) is 23.9 Å². The van der Waals surface area contributed by atoms with Crippen LogP contribution >= 0.6 is 0 Å². The molecule has 29 heavy (non-hydrogen) atoms. The lowest BCUT2D eigenvalue weighted by Crippen LogP contribution is -2.46. The molecule has 1 aromatic carbocycles. The summed E-state index contributed by atoms with van der Waals surface area (Å²) in [5.74, 6) is -0.00660. The summed E-state index contributed by atoms with van der Waals surface area (Å²) < 4.78 is 1.93. The van der Waals surface area contributed by atoms with Gasteiger partial charge in [0.15, 0.2) is 0 Å². The molecule has 1 N–H and O–H groups in total. The Morgan fingerprint density at radius 3 is 2.45 bits per heavy atom.